The predicted octanol–water partition coefficient (Wildman–Crippen LogP) is 3.39. The standard InChI is InChI=1S/C17H28N2O2/c1-5-19(6-2)11-12-21-16-10-8-7-9-15(16)18-17(20)13-14(3)4/h7-10,14H,5-6,11-13H2,1-4H3,(H,18,20). The summed E-state index contributed by atoms with van der Waals surface area (Å²) in [7, 11) is 0. The zero-order chi connectivity index (χ0) is 15.7. The lowest BCUT2D eigenvalue weighted by Crippen LogP contribution is -2.28. The van der Waals surface area contributed by atoms with Crippen LogP contribution in [0.5, 0.6) is 5.75 Å². The van der Waals surface area contributed by atoms with Gasteiger partial charge in [-0.15, -0.1) is 0 Å². The van der Waals surface area contributed by atoms with Crippen LogP contribution in [0.2, 0.25) is 0 Å². The van der Waals surface area contributed by atoms with Crippen molar-refractivity contribution in [1.82, 2.24) is 4.90 Å². The van der Waals surface area contributed by atoms with Crippen LogP contribution in [0.15, 0.2) is 24.3 Å². The van der Waals surface area contributed by atoms with Crippen LogP contribution >= 0.6 is 0 Å². The Kier molecular flexibility index (Phi) is 7.83. The van der Waals surface area contributed by atoms with Gasteiger partial charge in [-0.2, -0.15) is 0 Å². The number of nitrogens with one attached hydrogen (secondary N) is 1. The lowest BCUT2D eigenvalue weighted by molar-refractivity contribution is -0.116. The topological polar surface area (TPSA) is 41.6 Å². The summed E-state index contributed by atoms with van der Waals surface area (Å²) in [6.07, 6.45) is 0.522. The summed E-state index contributed by atoms with van der Waals surface area (Å²) >= 11 is 0. The summed E-state index contributed by atoms with van der Waals surface area (Å²) in [4.78, 5) is 14.2. The molecule has 1 amide bonds. The average Bonchev–Trinajstić information content (AvgIpc) is 2.44. The zero-order valence-corrected chi connectivity index (χ0v) is 13.7. The third-order valence-corrected chi connectivity index (χ3v) is 3.31. The van der Waals surface area contributed by atoms with E-state index in [4.69, 9.17) is 4.74 Å². The second kappa shape index (κ2) is 9.40. The van der Waals surface area contributed by atoms with E-state index < -0.39 is 0 Å². The molecule has 0 aliphatic rings. The molecule has 21 heavy (non-hydrogen) atoms. The van der Waals surface area contributed by atoms with E-state index in [2.05, 4.69) is 24.1 Å². The SMILES string of the molecule is CCN(CC)CCOc1ccccc1NC(=O)CC(C)C. The van der Waals surface area contributed by atoms with Crippen molar-refractivity contribution >= 4 is 11.6 Å². The summed E-state index contributed by atoms with van der Waals surface area (Å²) in [6, 6.07) is 7.60. The molecule has 0 aromatic heterocycles. The number of benzene rings is 1. The van der Waals surface area contributed by atoms with E-state index in [1.807, 2.05) is 38.1 Å². The average molecular weight is 292 g/mol. The van der Waals surface area contributed by atoms with E-state index in [1.54, 1.807) is 0 Å². The maximum Gasteiger partial charge on any atom is 0.224 e. The molecule has 0 saturated heterocycles. The number of anilines is 1. The molecule has 0 heterocycles. The molecule has 0 aliphatic carbocycles. The Morgan fingerprint density at radius 1 is 1.24 bits per heavy atom. The molecule has 1 rings (SSSR count). The van der Waals surface area contributed by atoms with Gasteiger partial charge in [-0.05, 0) is 31.1 Å². The van der Waals surface area contributed by atoms with Crippen LogP contribution in [0.3, 0.4) is 0 Å². The fourth-order valence-corrected chi connectivity index (χ4v) is 2.09. The van der Waals surface area contributed by atoms with Crippen molar-refractivity contribution in [3.63, 3.8) is 0 Å². The van der Waals surface area contributed by atoms with Crippen LogP contribution in [0.25, 0.3) is 0 Å². The summed E-state index contributed by atoms with van der Waals surface area (Å²) in [5.74, 6) is 1.12. The summed E-state index contributed by atoms with van der Waals surface area (Å²) < 4.78 is 5.82. The molecule has 0 bridgehead atoms. The molecule has 0 saturated carbocycles. The Balaban J connectivity index is 2.56. The smallest absolute Gasteiger partial charge is 0.224 e. The minimum atomic E-state index is 0.0322. The summed E-state index contributed by atoms with van der Waals surface area (Å²) in [5.41, 5.74) is 0.752. The van der Waals surface area contributed by atoms with Crippen LogP contribution in [0, 0.1) is 5.92 Å². The maximum absolute atomic E-state index is 11.9. The molecular weight excluding hydrogens is 264 g/mol. The van der Waals surface area contributed by atoms with Crippen molar-refractivity contribution in [1.29, 1.82) is 0 Å². The van der Waals surface area contributed by atoms with Gasteiger partial charge < -0.3 is 15.0 Å². The first-order valence-electron chi connectivity index (χ1n) is 7.80. The van der Waals surface area contributed by atoms with E-state index >= 15 is 0 Å². The van der Waals surface area contributed by atoms with E-state index in [0.29, 0.717) is 18.9 Å². The van der Waals surface area contributed by atoms with E-state index in [0.717, 1.165) is 31.1 Å². The van der Waals surface area contributed by atoms with Crippen molar-refractivity contribution < 1.29 is 9.53 Å². The molecule has 1 N–H and O–H groups in total. The van der Waals surface area contributed by atoms with Gasteiger partial charge in [-0.3, -0.25) is 4.79 Å². The number of likely N-dealkylation sites (N-methyl/N-ethyl adjacent to an activating group) is 1. The number of hydrogen-bond donors (Lipinski definition) is 1. The Bertz CT molecular complexity index is 429. The third-order valence-electron chi connectivity index (χ3n) is 3.31. The number of amides is 1. The molecule has 4 nitrogen and oxygen atoms in total. The van der Waals surface area contributed by atoms with Crippen molar-refractivity contribution in [2.24, 2.45) is 5.92 Å². The van der Waals surface area contributed by atoms with Crippen LogP contribution in [0.4, 0.5) is 5.69 Å². The van der Waals surface area contributed by atoms with Crippen molar-refractivity contribution in [2.45, 2.75) is 34.1 Å². The van der Waals surface area contributed by atoms with Crippen molar-refractivity contribution in [3.8, 4) is 5.75 Å². The zero-order valence-electron chi connectivity index (χ0n) is 13.7. The van der Waals surface area contributed by atoms with Gasteiger partial charge in [0, 0.05) is 13.0 Å². The first-order valence-corrected chi connectivity index (χ1v) is 7.80. The minimum Gasteiger partial charge on any atom is -0.490 e. The Hall–Kier alpha value is -1.55. The van der Waals surface area contributed by atoms with Gasteiger partial charge in [0.15, 0.2) is 0 Å². The van der Waals surface area contributed by atoms with Crippen LogP contribution in [0.1, 0.15) is 34.1 Å². The highest BCUT2D eigenvalue weighted by molar-refractivity contribution is 5.92. The molecule has 118 valence electrons. The minimum absolute atomic E-state index is 0.0322. The number of carbonyl (C=O) groups is 1. The molecular formula is C17H28N2O2. The van der Waals surface area contributed by atoms with Gasteiger partial charge >= 0.3 is 0 Å². The van der Waals surface area contributed by atoms with Gasteiger partial charge in [0.1, 0.15) is 12.4 Å². The first kappa shape index (κ1) is 17.5. The Labute approximate surface area is 128 Å². The quantitative estimate of drug-likeness (QED) is 0.758. The monoisotopic (exact) mass is 292 g/mol. The van der Waals surface area contributed by atoms with Crippen LogP contribution in [-0.2, 0) is 4.79 Å². The number of ether oxygens (including phenoxy) is 1. The van der Waals surface area contributed by atoms with Gasteiger partial charge in [0.2, 0.25) is 5.91 Å². The highest BCUT2D eigenvalue weighted by Crippen LogP contribution is 2.24. The van der Waals surface area contributed by atoms with Crippen LogP contribution in [-0.4, -0.2) is 37.0 Å². The normalized spacial score (nSPS) is 11.0. The number of carbonyl (C=O) groups excluding carboxylic acids is 1. The van der Waals surface area contributed by atoms with Crippen molar-refractivity contribution in [2.75, 3.05) is 31.6 Å². The van der Waals surface area contributed by atoms with Gasteiger partial charge in [0.05, 0.1) is 5.69 Å². The molecule has 0 aliphatic heterocycles. The van der Waals surface area contributed by atoms with Gasteiger partial charge in [0.25, 0.3) is 0 Å². The summed E-state index contributed by atoms with van der Waals surface area (Å²) in [6.45, 7) is 11.9. The van der Waals surface area contributed by atoms with Crippen molar-refractivity contribution in [3.05, 3.63) is 24.3 Å². The fraction of sp³-hybridized carbons (Fsp3) is 0.588. The maximum atomic E-state index is 11.9. The first-order chi connectivity index (χ1) is 10.1. The van der Waals surface area contributed by atoms with Gasteiger partial charge in [-0.25, -0.2) is 0 Å². The lowest BCUT2D eigenvalue weighted by Gasteiger charge is -2.19. The Morgan fingerprint density at radius 2 is 1.90 bits per heavy atom. The number of nitrogens with zero attached hydrogens (tertiary/aromatic N) is 1. The molecule has 1 aromatic rings. The van der Waals surface area contributed by atoms with E-state index in [-0.39, 0.29) is 5.91 Å². The largest absolute Gasteiger partial charge is 0.490 e. The Morgan fingerprint density at radius 3 is 2.52 bits per heavy atom. The second-order valence-corrected chi connectivity index (χ2v) is 5.52. The van der Waals surface area contributed by atoms with Crippen LogP contribution < -0.4 is 10.1 Å². The van der Waals surface area contributed by atoms with Gasteiger partial charge in [-0.1, -0.05) is 39.8 Å². The molecule has 0 unspecified atom stereocenters. The van der Waals surface area contributed by atoms with E-state index in [1.165, 1.54) is 0 Å². The lowest BCUT2D eigenvalue weighted by atomic mass is 10.1. The highest BCUT2D eigenvalue weighted by Gasteiger charge is 2.09. The fourth-order valence-electron chi connectivity index (χ4n) is 2.09. The molecule has 0 atom stereocenters. The summed E-state index contributed by atoms with van der Waals surface area (Å²) in [5, 5.41) is 2.93. The number of rotatable bonds is 9. The molecule has 0 fully saturated rings. The predicted molar refractivity (Wildman–Crippen MR) is 87.8 cm³/mol. The van der Waals surface area contributed by atoms with E-state index in [9.17, 15) is 4.79 Å². The molecule has 4 heteroatoms. The molecule has 0 radical (unpaired) electrons. The molecule has 1 aromatic carbocycles. The second-order valence-electron chi connectivity index (χ2n) is 5.52. The molecule has 0 spiro atoms. The number of para-hydroxylation sites is 2. The number of hydrogen-bond acceptors (Lipinski definition) is 3. The third kappa shape index (κ3) is 6.63. The highest BCUT2D eigenvalue weighted by atomic mass is 16.5.